The summed E-state index contributed by atoms with van der Waals surface area (Å²) in [6.07, 6.45) is 0. The summed E-state index contributed by atoms with van der Waals surface area (Å²) in [7, 11) is 0. The zero-order chi connectivity index (χ0) is 14.4. The van der Waals surface area contributed by atoms with Crippen LogP contribution in [0.4, 0.5) is 4.79 Å². The highest BCUT2D eigenvalue weighted by Crippen LogP contribution is 2.06. The predicted molar refractivity (Wildman–Crippen MR) is 74.6 cm³/mol. The van der Waals surface area contributed by atoms with Gasteiger partial charge in [-0.3, -0.25) is 4.79 Å². The number of amides is 3. The first kappa shape index (κ1) is 15.0. The van der Waals surface area contributed by atoms with E-state index in [9.17, 15) is 9.59 Å². The van der Waals surface area contributed by atoms with E-state index in [0.717, 1.165) is 5.56 Å². The first-order chi connectivity index (χ1) is 8.90. The Hall–Kier alpha value is -2.04. The summed E-state index contributed by atoms with van der Waals surface area (Å²) in [5.74, 6) is 0.304. The quantitative estimate of drug-likeness (QED) is 0.754. The van der Waals surface area contributed by atoms with Crippen LogP contribution < -0.4 is 16.4 Å². The van der Waals surface area contributed by atoms with Gasteiger partial charge in [0.2, 0.25) is 0 Å². The Bertz CT molecular complexity index is 441. The van der Waals surface area contributed by atoms with Gasteiger partial charge in [0, 0.05) is 18.2 Å². The highest BCUT2D eigenvalue weighted by Gasteiger charge is 2.12. The summed E-state index contributed by atoms with van der Waals surface area (Å²) in [6.45, 7) is 6.46. The van der Waals surface area contributed by atoms with E-state index >= 15 is 0 Å². The lowest BCUT2D eigenvalue weighted by Crippen LogP contribution is -2.36. The first-order valence-electron chi connectivity index (χ1n) is 6.33. The maximum absolute atomic E-state index is 11.9. The fourth-order valence-electron chi connectivity index (χ4n) is 1.42. The van der Waals surface area contributed by atoms with Crippen LogP contribution in [-0.2, 0) is 6.54 Å². The van der Waals surface area contributed by atoms with Crippen LogP contribution in [0.2, 0.25) is 0 Å². The molecule has 104 valence electrons. The second kappa shape index (κ2) is 6.78. The van der Waals surface area contributed by atoms with Crippen molar-refractivity contribution < 1.29 is 9.59 Å². The smallest absolute Gasteiger partial charge is 0.312 e. The molecule has 0 saturated carbocycles. The van der Waals surface area contributed by atoms with Gasteiger partial charge in [0.25, 0.3) is 5.91 Å². The standard InChI is InChI=1S/C14H21N3O2/c1-9(2)10(3)17-13(18)12-6-4-11(5-7-12)8-16-14(15)19/h4-7,9-10H,8H2,1-3H3,(H,17,18)(H3,15,16,19). The van der Waals surface area contributed by atoms with Gasteiger partial charge in [-0.25, -0.2) is 4.79 Å². The van der Waals surface area contributed by atoms with Crippen molar-refractivity contribution in [2.24, 2.45) is 11.7 Å². The molecule has 3 amide bonds. The number of rotatable bonds is 5. The number of urea groups is 1. The van der Waals surface area contributed by atoms with Crippen molar-refractivity contribution in [3.63, 3.8) is 0 Å². The molecule has 0 aliphatic heterocycles. The topological polar surface area (TPSA) is 84.2 Å². The minimum atomic E-state index is -0.562. The summed E-state index contributed by atoms with van der Waals surface area (Å²) in [5, 5.41) is 5.43. The van der Waals surface area contributed by atoms with Gasteiger partial charge >= 0.3 is 6.03 Å². The predicted octanol–water partition coefficient (Wildman–Crippen LogP) is 1.63. The van der Waals surface area contributed by atoms with Crippen LogP contribution in [0.1, 0.15) is 36.7 Å². The van der Waals surface area contributed by atoms with Gasteiger partial charge in [0.1, 0.15) is 0 Å². The maximum Gasteiger partial charge on any atom is 0.312 e. The molecule has 1 rings (SSSR count). The van der Waals surface area contributed by atoms with Crippen molar-refractivity contribution in [1.29, 1.82) is 0 Å². The molecule has 0 fully saturated rings. The zero-order valence-corrected chi connectivity index (χ0v) is 11.6. The summed E-state index contributed by atoms with van der Waals surface area (Å²) >= 11 is 0. The molecule has 0 spiro atoms. The van der Waals surface area contributed by atoms with Crippen molar-refractivity contribution in [3.05, 3.63) is 35.4 Å². The molecule has 0 saturated heterocycles. The molecule has 1 atom stereocenters. The van der Waals surface area contributed by atoms with E-state index in [0.29, 0.717) is 18.0 Å². The Balaban J connectivity index is 2.60. The van der Waals surface area contributed by atoms with E-state index in [-0.39, 0.29) is 11.9 Å². The Morgan fingerprint density at radius 3 is 2.21 bits per heavy atom. The minimum Gasteiger partial charge on any atom is -0.352 e. The fourth-order valence-corrected chi connectivity index (χ4v) is 1.42. The summed E-state index contributed by atoms with van der Waals surface area (Å²) in [6, 6.07) is 6.63. The molecule has 0 radical (unpaired) electrons. The van der Waals surface area contributed by atoms with Gasteiger partial charge in [-0.1, -0.05) is 26.0 Å². The average molecular weight is 263 g/mol. The van der Waals surface area contributed by atoms with Gasteiger partial charge in [0.15, 0.2) is 0 Å². The normalized spacial score (nSPS) is 12.0. The summed E-state index contributed by atoms with van der Waals surface area (Å²) in [4.78, 5) is 22.5. The number of hydrogen-bond acceptors (Lipinski definition) is 2. The number of carbonyl (C=O) groups is 2. The molecule has 4 N–H and O–H groups in total. The average Bonchev–Trinajstić information content (AvgIpc) is 2.36. The second-order valence-corrected chi connectivity index (χ2v) is 4.92. The Morgan fingerprint density at radius 2 is 1.74 bits per heavy atom. The number of nitrogens with two attached hydrogens (primary N) is 1. The number of primary amides is 1. The molecular weight excluding hydrogens is 242 g/mol. The number of benzene rings is 1. The van der Waals surface area contributed by atoms with E-state index < -0.39 is 6.03 Å². The molecule has 0 aromatic heterocycles. The molecule has 1 aromatic rings. The van der Waals surface area contributed by atoms with E-state index in [1.54, 1.807) is 24.3 Å². The van der Waals surface area contributed by atoms with Crippen molar-refractivity contribution in [1.82, 2.24) is 10.6 Å². The number of carbonyl (C=O) groups excluding carboxylic acids is 2. The van der Waals surface area contributed by atoms with Gasteiger partial charge < -0.3 is 16.4 Å². The molecule has 5 nitrogen and oxygen atoms in total. The largest absolute Gasteiger partial charge is 0.352 e. The van der Waals surface area contributed by atoms with Crippen LogP contribution in [0.25, 0.3) is 0 Å². The molecule has 1 unspecified atom stereocenters. The van der Waals surface area contributed by atoms with Gasteiger partial charge in [-0.2, -0.15) is 0 Å². The molecule has 0 bridgehead atoms. The van der Waals surface area contributed by atoms with Crippen LogP contribution in [0, 0.1) is 5.92 Å². The fraction of sp³-hybridized carbons (Fsp3) is 0.429. The minimum absolute atomic E-state index is 0.0874. The van der Waals surface area contributed by atoms with Gasteiger partial charge in [0.05, 0.1) is 0 Å². The highest BCUT2D eigenvalue weighted by atomic mass is 16.2. The van der Waals surface area contributed by atoms with Crippen molar-refractivity contribution in [3.8, 4) is 0 Å². The van der Waals surface area contributed by atoms with Gasteiger partial charge in [-0.15, -0.1) is 0 Å². The zero-order valence-electron chi connectivity index (χ0n) is 11.6. The van der Waals surface area contributed by atoms with Crippen molar-refractivity contribution in [2.45, 2.75) is 33.4 Å². The first-order valence-corrected chi connectivity index (χ1v) is 6.33. The Labute approximate surface area is 113 Å². The molecular formula is C14H21N3O2. The third-order valence-electron chi connectivity index (χ3n) is 3.04. The molecule has 0 aliphatic rings. The molecule has 1 aromatic carbocycles. The van der Waals surface area contributed by atoms with E-state index in [1.807, 2.05) is 6.92 Å². The van der Waals surface area contributed by atoms with E-state index in [1.165, 1.54) is 0 Å². The van der Waals surface area contributed by atoms with Crippen molar-refractivity contribution >= 4 is 11.9 Å². The number of nitrogens with one attached hydrogen (secondary N) is 2. The summed E-state index contributed by atoms with van der Waals surface area (Å²) < 4.78 is 0. The lowest BCUT2D eigenvalue weighted by atomic mass is 10.1. The molecule has 0 aliphatic carbocycles. The second-order valence-electron chi connectivity index (χ2n) is 4.92. The molecule has 0 heterocycles. The van der Waals surface area contributed by atoms with E-state index in [2.05, 4.69) is 24.5 Å². The van der Waals surface area contributed by atoms with Gasteiger partial charge in [-0.05, 0) is 30.5 Å². The van der Waals surface area contributed by atoms with Crippen LogP contribution in [0.3, 0.4) is 0 Å². The number of hydrogen-bond donors (Lipinski definition) is 3. The van der Waals surface area contributed by atoms with E-state index in [4.69, 9.17) is 5.73 Å². The molecule has 19 heavy (non-hydrogen) atoms. The van der Waals surface area contributed by atoms with Crippen LogP contribution in [-0.4, -0.2) is 18.0 Å². The van der Waals surface area contributed by atoms with Crippen molar-refractivity contribution in [2.75, 3.05) is 0 Å². The Morgan fingerprint density at radius 1 is 1.16 bits per heavy atom. The lowest BCUT2D eigenvalue weighted by molar-refractivity contribution is 0.0930. The lowest BCUT2D eigenvalue weighted by Gasteiger charge is -2.17. The van der Waals surface area contributed by atoms with Crippen LogP contribution >= 0.6 is 0 Å². The van der Waals surface area contributed by atoms with Crippen LogP contribution in [0.15, 0.2) is 24.3 Å². The highest BCUT2D eigenvalue weighted by molar-refractivity contribution is 5.94. The SMILES string of the molecule is CC(C)C(C)NC(=O)c1ccc(CNC(N)=O)cc1. The summed E-state index contributed by atoms with van der Waals surface area (Å²) in [5.41, 5.74) is 6.49. The van der Waals surface area contributed by atoms with Crippen LogP contribution in [0.5, 0.6) is 0 Å². The maximum atomic E-state index is 11.9. The third kappa shape index (κ3) is 4.99. The monoisotopic (exact) mass is 263 g/mol. The third-order valence-corrected chi connectivity index (χ3v) is 3.04. The Kier molecular flexibility index (Phi) is 5.36. The molecule has 5 heteroatoms.